The van der Waals surface area contributed by atoms with Gasteiger partial charge in [-0.1, -0.05) is 17.7 Å². The van der Waals surface area contributed by atoms with E-state index in [0.717, 1.165) is 6.07 Å². The molecule has 0 fully saturated rings. The summed E-state index contributed by atoms with van der Waals surface area (Å²) < 4.78 is 64.0. The molecule has 3 aromatic carbocycles. The van der Waals surface area contributed by atoms with E-state index in [2.05, 4.69) is 5.32 Å². The first-order chi connectivity index (χ1) is 15.4. The predicted molar refractivity (Wildman–Crippen MR) is 114 cm³/mol. The van der Waals surface area contributed by atoms with Crippen LogP contribution in [0.25, 0.3) is 0 Å². The Labute approximate surface area is 190 Å². The van der Waals surface area contributed by atoms with Crippen molar-refractivity contribution in [3.05, 3.63) is 93.5 Å². The van der Waals surface area contributed by atoms with E-state index in [1.807, 2.05) is 0 Å². The zero-order valence-electron chi connectivity index (χ0n) is 17.0. The molecule has 0 aromatic heterocycles. The lowest BCUT2D eigenvalue weighted by atomic mass is 9.96. The van der Waals surface area contributed by atoms with Gasteiger partial charge in [-0.2, -0.15) is 13.2 Å². The first-order valence-corrected chi connectivity index (χ1v) is 9.84. The molecule has 0 unspecified atom stereocenters. The molecule has 4 nitrogen and oxygen atoms in total. The number of rotatable bonds is 6. The van der Waals surface area contributed by atoms with Gasteiger partial charge in [0.25, 0.3) is 5.91 Å². The molecule has 3 aromatic rings. The summed E-state index contributed by atoms with van der Waals surface area (Å²) in [5.74, 6) is -3.08. The summed E-state index contributed by atoms with van der Waals surface area (Å²) in [6.07, 6.45) is -4.57. The molecule has 172 valence electrons. The van der Waals surface area contributed by atoms with E-state index < -0.39 is 36.0 Å². The molecule has 10 heteroatoms. The number of hydrogen-bond donors (Lipinski definition) is 2. The van der Waals surface area contributed by atoms with Gasteiger partial charge in [0.2, 0.25) is 0 Å². The Morgan fingerprint density at radius 3 is 2.30 bits per heavy atom. The van der Waals surface area contributed by atoms with Gasteiger partial charge in [-0.3, -0.25) is 9.59 Å². The lowest BCUT2D eigenvalue weighted by molar-refractivity contribution is -0.123. The second-order valence-corrected chi connectivity index (χ2v) is 7.51. The Morgan fingerprint density at radius 2 is 1.67 bits per heavy atom. The van der Waals surface area contributed by atoms with Crippen molar-refractivity contribution in [2.45, 2.75) is 13.1 Å². The molecule has 0 bridgehead atoms. The van der Waals surface area contributed by atoms with Crippen LogP contribution in [-0.4, -0.2) is 24.4 Å². The van der Waals surface area contributed by atoms with E-state index >= 15 is 0 Å². The van der Waals surface area contributed by atoms with Crippen molar-refractivity contribution in [1.29, 1.82) is 0 Å². The fraction of sp³-hybridized carbons (Fsp3) is 0.130. The Hall–Kier alpha value is -3.46. The van der Waals surface area contributed by atoms with Crippen LogP contribution in [0.1, 0.15) is 31.8 Å². The molecule has 3 rings (SSSR count). The summed E-state index contributed by atoms with van der Waals surface area (Å²) in [5.41, 5.74) is 0.854. The molecule has 0 aliphatic carbocycles. The topological polar surface area (TPSA) is 58.2 Å². The van der Waals surface area contributed by atoms with Crippen molar-refractivity contribution < 1.29 is 31.5 Å². The maximum absolute atomic E-state index is 13.8. The molecule has 33 heavy (non-hydrogen) atoms. The van der Waals surface area contributed by atoms with Gasteiger partial charge in [0.1, 0.15) is 18.2 Å². The summed E-state index contributed by atoms with van der Waals surface area (Å²) >= 11 is 6.24. The molecule has 0 spiro atoms. The van der Waals surface area contributed by atoms with E-state index in [0.29, 0.717) is 17.3 Å². The normalized spacial score (nSPS) is 11.2. The van der Waals surface area contributed by atoms with E-state index in [-0.39, 0.29) is 27.4 Å². The number of nitrogens with one attached hydrogen (secondary N) is 2. The van der Waals surface area contributed by atoms with Gasteiger partial charge in [0.15, 0.2) is 5.78 Å². The smallest absolute Gasteiger partial charge is 0.353 e. The maximum Gasteiger partial charge on any atom is 0.405 e. The number of aryl methyl sites for hydroxylation is 1. The van der Waals surface area contributed by atoms with Gasteiger partial charge in [-0.15, -0.1) is 0 Å². The number of amides is 1. The second kappa shape index (κ2) is 9.58. The minimum atomic E-state index is -4.57. The van der Waals surface area contributed by atoms with Crippen LogP contribution >= 0.6 is 11.6 Å². The number of ketones is 1. The maximum atomic E-state index is 13.8. The summed E-state index contributed by atoms with van der Waals surface area (Å²) in [7, 11) is 0. The van der Waals surface area contributed by atoms with Crippen LogP contribution in [0.15, 0.2) is 54.6 Å². The number of carbonyl (C=O) groups excluding carboxylic acids is 2. The number of alkyl halides is 3. The zero-order chi connectivity index (χ0) is 24.3. The molecule has 0 saturated heterocycles. The third-order valence-electron chi connectivity index (χ3n) is 4.62. The van der Waals surface area contributed by atoms with E-state index in [1.54, 1.807) is 12.2 Å². The molecular weight excluding hydrogens is 467 g/mol. The van der Waals surface area contributed by atoms with Crippen molar-refractivity contribution in [3.8, 4) is 0 Å². The summed E-state index contributed by atoms with van der Waals surface area (Å²) in [6.45, 7) is 0.101. The molecule has 0 aliphatic heterocycles. The van der Waals surface area contributed by atoms with Gasteiger partial charge in [0.05, 0.1) is 10.7 Å². The average Bonchev–Trinajstić information content (AvgIpc) is 2.73. The molecule has 0 heterocycles. The van der Waals surface area contributed by atoms with Gasteiger partial charge in [-0.05, 0) is 55.0 Å². The quantitative estimate of drug-likeness (QED) is 0.325. The van der Waals surface area contributed by atoms with Crippen LogP contribution in [0.5, 0.6) is 0 Å². The third-order valence-corrected chi connectivity index (χ3v) is 4.93. The van der Waals surface area contributed by atoms with Crippen molar-refractivity contribution in [1.82, 2.24) is 5.32 Å². The number of hydrogen-bond acceptors (Lipinski definition) is 3. The highest BCUT2D eigenvalue weighted by Crippen LogP contribution is 2.28. The van der Waals surface area contributed by atoms with Crippen LogP contribution < -0.4 is 10.6 Å². The Balaban J connectivity index is 1.83. The van der Waals surface area contributed by atoms with Gasteiger partial charge in [0, 0.05) is 28.4 Å². The monoisotopic (exact) mass is 482 g/mol. The number of halogens is 6. The largest absolute Gasteiger partial charge is 0.405 e. The number of anilines is 2. The SMILES string of the molecule is Cc1ccc(C(=O)NCC(F)(F)F)cc1C(=O)c1ccc(Nc2ccc(F)cc2F)cc1Cl. The fourth-order valence-corrected chi connectivity index (χ4v) is 3.23. The van der Waals surface area contributed by atoms with E-state index in [9.17, 15) is 31.5 Å². The molecule has 2 N–H and O–H groups in total. The van der Waals surface area contributed by atoms with Crippen molar-refractivity contribution in [3.63, 3.8) is 0 Å². The summed E-state index contributed by atoms with van der Waals surface area (Å²) in [4.78, 5) is 25.1. The fourth-order valence-electron chi connectivity index (χ4n) is 2.96. The number of carbonyl (C=O) groups is 2. The van der Waals surface area contributed by atoms with Crippen molar-refractivity contribution in [2.24, 2.45) is 0 Å². The molecule has 1 amide bonds. The Kier molecular flexibility index (Phi) is 7.02. The minimum absolute atomic E-state index is 0.0000389. The third kappa shape index (κ3) is 6.07. The lowest BCUT2D eigenvalue weighted by Crippen LogP contribution is -2.33. The Morgan fingerprint density at radius 1 is 0.939 bits per heavy atom. The molecule has 0 radical (unpaired) electrons. The summed E-state index contributed by atoms with van der Waals surface area (Å²) in [5, 5.41) is 4.49. The van der Waals surface area contributed by atoms with Crippen molar-refractivity contribution >= 4 is 34.7 Å². The molecule has 0 saturated carbocycles. The first kappa shape index (κ1) is 24.2. The van der Waals surface area contributed by atoms with Crippen LogP contribution in [0.2, 0.25) is 5.02 Å². The highest BCUT2D eigenvalue weighted by Gasteiger charge is 2.28. The molecule has 0 atom stereocenters. The van der Waals surface area contributed by atoms with Crippen LogP contribution in [0, 0.1) is 18.6 Å². The minimum Gasteiger partial charge on any atom is -0.353 e. The van der Waals surface area contributed by atoms with Gasteiger partial charge in [-0.25, -0.2) is 8.78 Å². The second-order valence-electron chi connectivity index (χ2n) is 7.10. The van der Waals surface area contributed by atoms with Gasteiger partial charge >= 0.3 is 6.18 Å². The van der Waals surface area contributed by atoms with E-state index in [1.165, 1.54) is 42.5 Å². The highest BCUT2D eigenvalue weighted by molar-refractivity contribution is 6.35. The molecule has 0 aliphatic rings. The van der Waals surface area contributed by atoms with E-state index in [4.69, 9.17) is 11.6 Å². The van der Waals surface area contributed by atoms with Crippen molar-refractivity contribution in [2.75, 3.05) is 11.9 Å². The summed E-state index contributed by atoms with van der Waals surface area (Å²) in [6, 6.07) is 11.1. The standard InChI is InChI=1S/C23H16ClF5N2O2/c1-12-2-3-13(22(33)30-11-23(27,28)29)8-17(12)21(32)16-6-5-15(10-18(16)24)31-20-7-4-14(25)9-19(20)26/h2-10,31H,11H2,1H3,(H,30,33). The predicted octanol–water partition coefficient (Wildman–Crippen LogP) is 6.19. The highest BCUT2D eigenvalue weighted by atomic mass is 35.5. The first-order valence-electron chi connectivity index (χ1n) is 9.46. The van der Waals surface area contributed by atoms with Crippen LogP contribution in [0.4, 0.5) is 33.3 Å². The Bertz CT molecular complexity index is 1230. The van der Waals surface area contributed by atoms with Crippen LogP contribution in [-0.2, 0) is 0 Å². The average molecular weight is 483 g/mol. The zero-order valence-corrected chi connectivity index (χ0v) is 17.7. The van der Waals surface area contributed by atoms with Gasteiger partial charge < -0.3 is 10.6 Å². The lowest BCUT2D eigenvalue weighted by Gasteiger charge is -2.12. The number of benzene rings is 3. The molecular formula is C23H16ClF5N2O2. The van der Waals surface area contributed by atoms with Crippen LogP contribution in [0.3, 0.4) is 0 Å².